The number of ketones is 2. The first-order valence-corrected chi connectivity index (χ1v) is 14.5. The summed E-state index contributed by atoms with van der Waals surface area (Å²) in [6.45, 7) is 9.39. The maximum Gasteiger partial charge on any atom is 0.140 e. The van der Waals surface area contributed by atoms with Crippen LogP contribution in [0.25, 0.3) is 0 Å². The highest BCUT2D eigenvalue weighted by Gasteiger charge is 2.68. The molecule has 6 fully saturated rings. The Morgan fingerprint density at radius 3 is 1.34 bits per heavy atom. The summed E-state index contributed by atoms with van der Waals surface area (Å²) in [6.07, 6.45) is 12.8. The average molecular weight is 439 g/mol. The minimum absolute atomic E-state index is 0.107. The summed E-state index contributed by atoms with van der Waals surface area (Å²) >= 11 is 0. The van der Waals surface area contributed by atoms with Gasteiger partial charge in [-0.2, -0.15) is 0 Å². The van der Waals surface area contributed by atoms with E-state index >= 15 is 0 Å². The van der Waals surface area contributed by atoms with E-state index in [0.29, 0.717) is 58.9 Å². The van der Waals surface area contributed by atoms with Gasteiger partial charge in [0.2, 0.25) is 0 Å². The molecule has 0 aromatic carbocycles. The summed E-state index contributed by atoms with van der Waals surface area (Å²) in [5.41, 5.74) is 0. The largest absolute Gasteiger partial charge is 0.299 e. The van der Waals surface area contributed by atoms with Gasteiger partial charge in [-0.05, 0) is 111 Å². The lowest BCUT2D eigenvalue weighted by atomic mass is 9.51. The van der Waals surface area contributed by atoms with E-state index in [1.807, 2.05) is 0 Å². The molecule has 12 atom stereocenters. The molecular weight excluding hydrogens is 392 g/mol. The molecule has 0 radical (unpaired) electrons. The maximum atomic E-state index is 14.1. The molecule has 0 aromatic heterocycles. The Labute approximate surface area is 196 Å². The Kier molecular flexibility index (Phi) is 5.42. The molecule has 2 heteroatoms. The molecule has 6 aliphatic carbocycles. The van der Waals surface area contributed by atoms with E-state index < -0.39 is 0 Å². The molecule has 0 spiro atoms. The lowest BCUT2D eigenvalue weighted by Gasteiger charge is -2.52. The van der Waals surface area contributed by atoms with Gasteiger partial charge in [0, 0.05) is 23.7 Å². The predicted molar refractivity (Wildman–Crippen MR) is 128 cm³/mol. The fourth-order valence-corrected chi connectivity index (χ4v) is 10.8. The van der Waals surface area contributed by atoms with Crippen LogP contribution in [0.1, 0.15) is 91.9 Å². The molecule has 2 nitrogen and oxygen atoms in total. The summed E-state index contributed by atoms with van der Waals surface area (Å²) < 4.78 is 0. The molecule has 32 heavy (non-hydrogen) atoms. The van der Waals surface area contributed by atoms with Crippen molar-refractivity contribution < 1.29 is 9.59 Å². The van der Waals surface area contributed by atoms with E-state index in [4.69, 9.17) is 0 Å². The third-order valence-electron chi connectivity index (χ3n) is 12.2. The van der Waals surface area contributed by atoms with Crippen molar-refractivity contribution in [1.29, 1.82) is 0 Å². The van der Waals surface area contributed by atoms with Crippen molar-refractivity contribution in [3.05, 3.63) is 0 Å². The third-order valence-corrected chi connectivity index (χ3v) is 12.2. The van der Waals surface area contributed by atoms with Crippen LogP contribution < -0.4 is 0 Å². The lowest BCUT2D eigenvalue weighted by Crippen LogP contribution is -2.49. The second kappa shape index (κ2) is 7.94. The van der Waals surface area contributed by atoms with Gasteiger partial charge in [-0.25, -0.2) is 0 Å². The van der Waals surface area contributed by atoms with E-state index in [9.17, 15) is 9.59 Å². The first kappa shape index (κ1) is 21.8. The fourth-order valence-electron chi connectivity index (χ4n) is 10.8. The molecule has 0 heterocycles. The zero-order chi connectivity index (χ0) is 22.3. The number of rotatable bonds is 2. The number of carbonyl (C=O) groups excluding carboxylic acids is 2. The topological polar surface area (TPSA) is 34.1 Å². The SMILES string of the molecule is CC(C)C1CCC2C(C1)C(=O)C1C3C(=O)C4CC(C(C)C)CCC4C3C3CCCCC3C21. The molecule has 12 unspecified atom stereocenters. The van der Waals surface area contributed by atoms with E-state index in [1.54, 1.807) is 0 Å². The van der Waals surface area contributed by atoms with Gasteiger partial charge in [-0.1, -0.05) is 40.5 Å². The van der Waals surface area contributed by atoms with Crippen LogP contribution in [0, 0.1) is 82.9 Å². The van der Waals surface area contributed by atoms with Crippen molar-refractivity contribution in [3.8, 4) is 0 Å². The number of Topliss-reactive ketones (excluding diaryl/α,β-unsaturated/α-hetero) is 2. The monoisotopic (exact) mass is 438 g/mol. The molecule has 0 saturated heterocycles. The smallest absolute Gasteiger partial charge is 0.140 e. The van der Waals surface area contributed by atoms with Crippen molar-refractivity contribution >= 4 is 11.6 Å². The van der Waals surface area contributed by atoms with Gasteiger partial charge in [0.15, 0.2) is 0 Å². The van der Waals surface area contributed by atoms with Crippen molar-refractivity contribution in [3.63, 3.8) is 0 Å². The van der Waals surface area contributed by atoms with Crippen molar-refractivity contribution in [2.45, 2.75) is 91.9 Å². The molecule has 6 aliphatic rings. The van der Waals surface area contributed by atoms with Crippen LogP contribution in [0.3, 0.4) is 0 Å². The zero-order valence-electron chi connectivity index (χ0n) is 21.0. The van der Waals surface area contributed by atoms with Gasteiger partial charge >= 0.3 is 0 Å². The van der Waals surface area contributed by atoms with Gasteiger partial charge < -0.3 is 0 Å². The predicted octanol–water partition coefficient (Wildman–Crippen LogP) is 6.81. The molecule has 6 saturated carbocycles. The molecule has 0 aliphatic heterocycles. The minimum atomic E-state index is 0.107. The normalized spacial score (nSPS) is 52.4. The lowest BCUT2D eigenvalue weighted by molar-refractivity contribution is -0.139. The van der Waals surface area contributed by atoms with Gasteiger partial charge in [0.05, 0.1) is 0 Å². The molecule has 178 valence electrons. The summed E-state index contributed by atoms with van der Waals surface area (Å²) in [5.74, 6) is 8.53. The van der Waals surface area contributed by atoms with E-state index in [2.05, 4.69) is 27.7 Å². The minimum Gasteiger partial charge on any atom is -0.299 e. The van der Waals surface area contributed by atoms with Crippen LogP contribution >= 0.6 is 0 Å². The van der Waals surface area contributed by atoms with Crippen LogP contribution in [0.5, 0.6) is 0 Å². The Balaban J connectivity index is 1.37. The van der Waals surface area contributed by atoms with Gasteiger partial charge in [-0.3, -0.25) is 9.59 Å². The van der Waals surface area contributed by atoms with E-state index in [0.717, 1.165) is 24.7 Å². The summed E-state index contributed by atoms with van der Waals surface area (Å²) in [5, 5.41) is 0. The third kappa shape index (κ3) is 3.02. The van der Waals surface area contributed by atoms with Crippen molar-refractivity contribution in [2.24, 2.45) is 82.9 Å². The summed E-state index contributed by atoms with van der Waals surface area (Å²) in [6, 6.07) is 0. The Hall–Kier alpha value is -0.660. The highest BCUT2D eigenvalue weighted by atomic mass is 16.1. The Bertz CT molecular complexity index is 703. The van der Waals surface area contributed by atoms with Crippen LogP contribution in [0.4, 0.5) is 0 Å². The highest BCUT2D eigenvalue weighted by Crippen LogP contribution is 2.68. The first-order valence-electron chi connectivity index (χ1n) is 14.5. The fraction of sp³-hybridized carbons (Fsp3) is 0.933. The summed E-state index contributed by atoms with van der Waals surface area (Å²) in [4.78, 5) is 28.3. The van der Waals surface area contributed by atoms with Crippen LogP contribution in [0.15, 0.2) is 0 Å². The zero-order valence-corrected chi connectivity index (χ0v) is 21.0. The Morgan fingerprint density at radius 1 is 0.562 bits per heavy atom. The number of hydrogen-bond donors (Lipinski definition) is 0. The van der Waals surface area contributed by atoms with Crippen LogP contribution in [-0.4, -0.2) is 11.6 Å². The molecule has 0 N–H and O–H groups in total. The molecule has 0 amide bonds. The van der Waals surface area contributed by atoms with Gasteiger partial charge in [0.25, 0.3) is 0 Å². The Morgan fingerprint density at radius 2 is 0.969 bits per heavy atom. The summed E-state index contributed by atoms with van der Waals surface area (Å²) in [7, 11) is 0. The van der Waals surface area contributed by atoms with Crippen LogP contribution in [0.2, 0.25) is 0 Å². The number of carbonyl (C=O) groups is 2. The molecular formula is C30H46O2. The highest BCUT2D eigenvalue weighted by molar-refractivity contribution is 5.96. The van der Waals surface area contributed by atoms with E-state index in [-0.39, 0.29) is 23.7 Å². The molecule has 0 bridgehead atoms. The van der Waals surface area contributed by atoms with E-state index in [1.165, 1.54) is 51.4 Å². The average Bonchev–Trinajstić information content (AvgIpc) is 3.25. The van der Waals surface area contributed by atoms with Gasteiger partial charge in [0.1, 0.15) is 11.6 Å². The second-order valence-electron chi connectivity index (χ2n) is 13.8. The second-order valence-corrected chi connectivity index (χ2v) is 13.8. The maximum absolute atomic E-state index is 14.1. The molecule has 6 rings (SSSR count). The van der Waals surface area contributed by atoms with Crippen LogP contribution in [-0.2, 0) is 9.59 Å². The molecule has 0 aromatic rings. The first-order chi connectivity index (χ1) is 15.4. The van der Waals surface area contributed by atoms with Crippen molar-refractivity contribution in [2.75, 3.05) is 0 Å². The van der Waals surface area contributed by atoms with Crippen molar-refractivity contribution in [1.82, 2.24) is 0 Å². The van der Waals surface area contributed by atoms with Gasteiger partial charge in [-0.15, -0.1) is 0 Å². The number of fused-ring (bicyclic) bond motifs is 10. The quantitative estimate of drug-likeness (QED) is 0.474. The standard InChI is InChI=1S/C30H46O2/c1-15(2)17-9-11-21-23(13-17)29(31)27-25(21)19-7-5-6-8-20(19)26-22-12-10-18(16(3)4)14-24(22)30(32)28(26)27/h15-28H,5-14H2,1-4H3. The number of hydrogen-bond acceptors (Lipinski definition) is 2.